The summed E-state index contributed by atoms with van der Waals surface area (Å²) in [5.41, 5.74) is 0. The Bertz CT molecular complexity index is 245. The molecular weight excluding hydrogens is 238 g/mol. The molecule has 1 N–H and O–H groups in total. The molecule has 0 aromatic rings. The molecule has 18 heavy (non-hydrogen) atoms. The molecule has 0 rings (SSSR count). The molecule has 6 heteroatoms. The van der Waals surface area contributed by atoms with Gasteiger partial charge in [0.2, 0.25) is 5.91 Å². The Hall–Kier alpha value is -1.14. The first kappa shape index (κ1) is 16.9. The summed E-state index contributed by atoms with van der Waals surface area (Å²) in [6.07, 6.45) is 2.38. The number of amides is 1. The maximum atomic E-state index is 11.5. The van der Waals surface area contributed by atoms with Gasteiger partial charge in [-0.15, -0.1) is 0 Å². The SMILES string of the molecule is CCCC[C@H](NC(=O)COCCOC)C(=O)OC. The summed E-state index contributed by atoms with van der Waals surface area (Å²) >= 11 is 0. The van der Waals surface area contributed by atoms with Gasteiger partial charge in [-0.25, -0.2) is 4.79 Å². The van der Waals surface area contributed by atoms with Crippen molar-refractivity contribution >= 4 is 11.9 Å². The lowest BCUT2D eigenvalue weighted by molar-refractivity contribution is -0.146. The Morgan fingerprint density at radius 1 is 1.22 bits per heavy atom. The molecule has 6 nitrogen and oxygen atoms in total. The van der Waals surface area contributed by atoms with Crippen LogP contribution in [0.5, 0.6) is 0 Å². The van der Waals surface area contributed by atoms with E-state index in [9.17, 15) is 9.59 Å². The zero-order valence-electron chi connectivity index (χ0n) is 11.4. The second kappa shape index (κ2) is 11.0. The topological polar surface area (TPSA) is 73.9 Å². The fourth-order valence-corrected chi connectivity index (χ4v) is 1.34. The van der Waals surface area contributed by atoms with Gasteiger partial charge in [-0.05, 0) is 6.42 Å². The lowest BCUT2D eigenvalue weighted by atomic mass is 10.1. The van der Waals surface area contributed by atoms with Crippen molar-refractivity contribution in [1.29, 1.82) is 0 Å². The van der Waals surface area contributed by atoms with Crippen LogP contribution in [0.3, 0.4) is 0 Å². The standard InChI is InChI=1S/C12H23NO5/c1-4-5-6-10(12(15)17-3)13-11(14)9-18-8-7-16-2/h10H,4-9H2,1-3H3,(H,13,14)/t10-/m0/s1. The van der Waals surface area contributed by atoms with Crippen molar-refractivity contribution < 1.29 is 23.8 Å². The molecule has 0 saturated carbocycles. The molecule has 0 aliphatic carbocycles. The molecule has 1 atom stereocenters. The Kier molecular flexibility index (Phi) is 10.3. The van der Waals surface area contributed by atoms with E-state index in [2.05, 4.69) is 10.1 Å². The molecule has 0 aromatic carbocycles. The highest BCUT2D eigenvalue weighted by Gasteiger charge is 2.20. The predicted octanol–water partition coefficient (Wildman–Crippen LogP) is 0.497. The molecule has 0 aliphatic rings. The first-order chi connectivity index (χ1) is 8.65. The molecule has 0 saturated heterocycles. The molecule has 1 amide bonds. The molecule has 0 radical (unpaired) electrons. The Labute approximate surface area is 108 Å². The summed E-state index contributed by atoms with van der Waals surface area (Å²) in [6.45, 7) is 2.72. The highest BCUT2D eigenvalue weighted by molar-refractivity contribution is 5.84. The number of hydrogen-bond acceptors (Lipinski definition) is 5. The lowest BCUT2D eigenvalue weighted by Crippen LogP contribution is -2.43. The van der Waals surface area contributed by atoms with Crippen LogP contribution in [-0.2, 0) is 23.8 Å². The van der Waals surface area contributed by atoms with E-state index in [0.29, 0.717) is 19.6 Å². The van der Waals surface area contributed by atoms with E-state index in [0.717, 1.165) is 12.8 Å². The molecule has 0 heterocycles. The molecule has 0 aromatic heterocycles. The first-order valence-electron chi connectivity index (χ1n) is 6.09. The van der Waals surface area contributed by atoms with Crippen LogP contribution in [0.4, 0.5) is 0 Å². The van der Waals surface area contributed by atoms with Crippen LogP contribution in [0.15, 0.2) is 0 Å². The average Bonchev–Trinajstić information content (AvgIpc) is 2.38. The van der Waals surface area contributed by atoms with Crippen LogP contribution < -0.4 is 5.32 Å². The highest BCUT2D eigenvalue weighted by Crippen LogP contribution is 2.02. The van der Waals surface area contributed by atoms with E-state index in [1.807, 2.05) is 6.92 Å². The number of carbonyl (C=O) groups excluding carboxylic acids is 2. The minimum Gasteiger partial charge on any atom is -0.467 e. The summed E-state index contributed by atoms with van der Waals surface area (Å²) in [7, 11) is 2.87. The molecule has 0 unspecified atom stereocenters. The van der Waals surface area contributed by atoms with Crippen molar-refractivity contribution in [2.24, 2.45) is 0 Å². The van der Waals surface area contributed by atoms with Crippen LogP contribution in [0.1, 0.15) is 26.2 Å². The van der Waals surface area contributed by atoms with Crippen molar-refractivity contribution in [2.75, 3.05) is 34.0 Å². The smallest absolute Gasteiger partial charge is 0.328 e. The minimum absolute atomic E-state index is 0.0804. The third-order valence-corrected chi connectivity index (χ3v) is 2.33. The van der Waals surface area contributed by atoms with Crippen molar-refractivity contribution in [1.82, 2.24) is 5.32 Å². The van der Waals surface area contributed by atoms with Gasteiger partial charge in [0.25, 0.3) is 0 Å². The number of hydrogen-bond donors (Lipinski definition) is 1. The van der Waals surface area contributed by atoms with Crippen molar-refractivity contribution in [3.8, 4) is 0 Å². The Morgan fingerprint density at radius 3 is 2.50 bits per heavy atom. The van der Waals surface area contributed by atoms with Gasteiger partial charge in [0, 0.05) is 7.11 Å². The minimum atomic E-state index is -0.589. The van der Waals surface area contributed by atoms with E-state index in [1.165, 1.54) is 7.11 Å². The van der Waals surface area contributed by atoms with Crippen LogP contribution >= 0.6 is 0 Å². The zero-order valence-corrected chi connectivity index (χ0v) is 11.4. The molecule has 106 valence electrons. The van der Waals surface area contributed by atoms with Crippen molar-refractivity contribution in [3.05, 3.63) is 0 Å². The number of ether oxygens (including phenoxy) is 3. The van der Waals surface area contributed by atoms with Crippen LogP contribution in [0.2, 0.25) is 0 Å². The van der Waals surface area contributed by atoms with Gasteiger partial charge in [0.1, 0.15) is 12.6 Å². The van der Waals surface area contributed by atoms with Gasteiger partial charge in [0.05, 0.1) is 20.3 Å². The number of carbonyl (C=O) groups is 2. The van der Waals surface area contributed by atoms with E-state index in [1.54, 1.807) is 7.11 Å². The summed E-state index contributed by atoms with van der Waals surface area (Å²) in [4.78, 5) is 22.9. The van der Waals surface area contributed by atoms with Crippen LogP contribution in [0.25, 0.3) is 0 Å². The third-order valence-electron chi connectivity index (χ3n) is 2.33. The van der Waals surface area contributed by atoms with Gasteiger partial charge < -0.3 is 19.5 Å². The number of esters is 1. The second-order valence-electron chi connectivity index (χ2n) is 3.83. The monoisotopic (exact) mass is 261 g/mol. The summed E-state index contributed by atoms with van der Waals surface area (Å²) in [5, 5.41) is 2.60. The van der Waals surface area contributed by atoms with E-state index in [4.69, 9.17) is 9.47 Å². The molecular formula is C12H23NO5. The fraction of sp³-hybridized carbons (Fsp3) is 0.833. The van der Waals surface area contributed by atoms with Crippen molar-refractivity contribution in [3.63, 3.8) is 0 Å². The summed E-state index contributed by atoms with van der Waals surface area (Å²) in [6, 6.07) is -0.589. The van der Waals surface area contributed by atoms with Crippen molar-refractivity contribution in [2.45, 2.75) is 32.2 Å². The quantitative estimate of drug-likeness (QED) is 0.458. The van der Waals surface area contributed by atoms with Gasteiger partial charge in [0.15, 0.2) is 0 Å². The largest absolute Gasteiger partial charge is 0.467 e. The first-order valence-corrected chi connectivity index (χ1v) is 6.09. The lowest BCUT2D eigenvalue weighted by Gasteiger charge is -2.16. The maximum absolute atomic E-state index is 11.5. The highest BCUT2D eigenvalue weighted by atomic mass is 16.5. The molecule has 0 fully saturated rings. The average molecular weight is 261 g/mol. The molecule has 0 aliphatic heterocycles. The van der Waals surface area contributed by atoms with Crippen LogP contribution in [-0.4, -0.2) is 52.0 Å². The molecule has 0 bridgehead atoms. The number of unbranched alkanes of at least 4 members (excludes halogenated alkanes) is 1. The Morgan fingerprint density at radius 2 is 1.94 bits per heavy atom. The van der Waals surface area contributed by atoms with E-state index in [-0.39, 0.29) is 12.5 Å². The second-order valence-corrected chi connectivity index (χ2v) is 3.83. The van der Waals surface area contributed by atoms with Crippen LogP contribution in [0, 0.1) is 0 Å². The summed E-state index contributed by atoms with van der Waals surface area (Å²) in [5.74, 6) is -0.744. The van der Waals surface area contributed by atoms with Gasteiger partial charge in [-0.3, -0.25) is 4.79 Å². The van der Waals surface area contributed by atoms with E-state index < -0.39 is 12.0 Å². The zero-order chi connectivity index (χ0) is 13.8. The number of methoxy groups -OCH3 is 2. The fourth-order valence-electron chi connectivity index (χ4n) is 1.34. The number of rotatable bonds is 10. The maximum Gasteiger partial charge on any atom is 0.328 e. The van der Waals surface area contributed by atoms with Gasteiger partial charge in [-0.1, -0.05) is 19.8 Å². The Balaban J connectivity index is 3.98. The normalized spacial score (nSPS) is 11.9. The van der Waals surface area contributed by atoms with E-state index >= 15 is 0 Å². The summed E-state index contributed by atoms with van der Waals surface area (Å²) < 4.78 is 14.5. The molecule has 0 spiro atoms. The number of nitrogens with one attached hydrogen (secondary N) is 1. The van der Waals surface area contributed by atoms with Gasteiger partial charge >= 0.3 is 5.97 Å². The predicted molar refractivity (Wildman–Crippen MR) is 66.2 cm³/mol. The third kappa shape index (κ3) is 8.03. The van der Waals surface area contributed by atoms with Gasteiger partial charge in [-0.2, -0.15) is 0 Å².